The first-order chi connectivity index (χ1) is 15.2. The van der Waals surface area contributed by atoms with E-state index < -0.39 is 5.79 Å². The molecule has 5 heteroatoms. The summed E-state index contributed by atoms with van der Waals surface area (Å²) in [5.41, 5.74) is 9.00. The second-order valence-electron chi connectivity index (χ2n) is 8.80. The number of likely N-dealkylation sites (N-methyl/N-ethyl adjacent to an activating group) is 1. The number of fused-ring (bicyclic) bond motifs is 2. The van der Waals surface area contributed by atoms with Crippen molar-refractivity contribution in [1.29, 1.82) is 0 Å². The van der Waals surface area contributed by atoms with Gasteiger partial charge in [-0.15, -0.1) is 0 Å². The third-order valence-electron chi connectivity index (χ3n) is 7.43. The Bertz CT molecular complexity index is 1290. The van der Waals surface area contributed by atoms with Crippen molar-refractivity contribution < 1.29 is 14.2 Å². The lowest BCUT2D eigenvalue weighted by Gasteiger charge is -2.49. The summed E-state index contributed by atoms with van der Waals surface area (Å²) in [7, 11) is 5.73. The van der Waals surface area contributed by atoms with Crippen molar-refractivity contribution >= 4 is 11.8 Å². The third kappa shape index (κ3) is 2.10. The van der Waals surface area contributed by atoms with Crippen LogP contribution in [0.5, 0.6) is 11.5 Å². The van der Waals surface area contributed by atoms with Crippen LogP contribution in [0.1, 0.15) is 33.9 Å². The molecule has 3 aromatic rings. The zero-order chi connectivity index (χ0) is 20.9. The van der Waals surface area contributed by atoms with Gasteiger partial charge in [-0.1, -0.05) is 36.0 Å². The van der Waals surface area contributed by atoms with Gasteiger partial charge >= 0.3 is 0 Å². The van der Waals surface area contributed by atoms with Crippen LogP contribution in [-0.4, -0.2) is 32.7 Å². The SMILES string of the molecule is COc1ccc2c3c1O[C@@]1(OC)c4ccccc4Sc4cc5c(c-3c41)[C@@H](C2)N(C)CC5. The van der Waals surface area contributed by atoms with E-state index in [4.69, 9.17) is 14.2 Å². The topological polar surface area (TPSA) is 30.9 Å². The molecule has 3 aliphatic heterocycles. The second kappa shape index (κ2) is 6.06. The van der Waals surface area contributed by atoms with Crippen molar-refractivity contribution in [2.45, 2.75) is 34.5 Å². The summed E-state index contributed by atoms with van der Waals surface area (Å²) in [4.78, 5) is 4.94. The highest BCUT2D eigenvalue weighted by Gasteiger charge is 2.53. The fraction of sp³-hybridized carbons (Fsp3) is 0.308. The average molecular weight is 430 g/mol. The molecule has 4 aliphatic rings. The molecule has 156 valence electrons. The van der Waals surface area contributed by atoms with E-state index >= 15 is 0 Å². The molecule has 0 saturated carbocycles. The number of hydrogen-bond acceptors (Lipinski definition) is 5. The molecule has 4 nitrogen and oxygen atoms in total. The number of benzene rings is 3. The standard InChI is InChI=1S/C26H23NO3S/c1-27-11-10-15-13-20-24-23-21(15)17(27)12-14-8-9-18(28-2)25(22(14)23)30-26(24,29-3)16-6-4-5-7-19(16)31-20/h4-9,13,17H,10-12H2,1-3H3/t17-,26+/m1/s1. The summed E-state index contributed by atoms with van der Waals surface area (Å²) in [5.74, 6) is 0.596. The van der Waals surface area contributed by atoms with Crippen LogP contribution in [0.25, 0.3) is 11.1 Å². The first-order valence-electron chi connectivity index (χ1n) is 10.8. The van der Waals surface area contributed by atoms with Gasteiger partial charge in [-0.2, -0.15) is 0 Å². The summed E-state index contributed by atoms with van der Waals surface area (Å²) < 4.78 is 19.0. The van der Waals surface area contributed by atoms with Gasteiger partial charge in [0.05, 0.1) is 12.7 Å². The molecule has 31 heavy (non-hydrogen) atoms. The quantitative estimate of drug-likeness (QED) is 0.562. The third-order valence-corrected chi connectivity index (χ3v) is 8.55. The van der Waals surface area contributed by atoms with E-state index in [1.165, 1.54) is 43.2 Å². The first-order valence-corrected chi connectivity index (χ1v) is 11.6. The fourth-order valence-electron chi connectivity index (χ4n) is 6.01. The van der Waals surface area contributed by atoms with Gasteiger partial charge in [0.2, 0.25) is 0 Å². The van der Waals surface area contributed by atoms with Gasteiger partial charge in [0.1, 0.15) is 0 Å². The molecule has 0 amide bonds. The van der Waals surface area contributed by atoms with Crippen molar-refractivity contribution in [3.63, 3.8) is 0 Å². The van der Waals surface area contributed by atoms with E-state index in [0.717, 1.165) is 36.4 Å². The molecule has 0 radical (unpaired) electrons. The average Bonchev–Trinajstić information content (AvgIpc) is 2.81. The summed E-state index contributed by atoms with van der Waals surface area (Å²) in [6.07, 6.45) is 2.06. The van der Waals surface area contributed by atoms with Gasteiger partial charge in [0.25, 0.3) is 5.79 Å². The molecular formula is C26H23NO3S. The molecule has 7 rings (SSSR count). The Balaban J connectivity index is 1.67. The van der Waals surface area contributed by atoms with Crippen LogP contribution in [0.2, 0.25) is 0 Å². The number of ether oxygens (including phenoxy) is 3. The lowest BCUT2D eigenvalue weighted by atomic mass is 9.72. The van der Waals surface area contributed by atoms with Gasteiger partial charge in [-0.3, -0.25) is 4.90 Å². The maximum Gasteiger partial charge on any atom is 0.267 e. The molecule has 0 saturated heterocycles. The first kappa shape index (κ1) is 18.1. The van der Waals surface area contributed by atoms with E-state index in [-0.39, 0.29) is 0 Å². The van der Waals surface area contributed by atoms with Crippen molar-refractivity contribution in [2.24, 2.45) is 0 Å². The molecule has 0 aromatic heterocycles. The van der Waals surface area contributed by atoms with Gasteiger partial charge in [0.15, 0.2) is 11.5 Å². The van der Waals surface area contributed by atoms with Gasteiger partial charge < -0.3 is 14.2 Å². The maximum atomic E-state index is 6.87. The minimum atomic E-state index is -0.974. The zero-order valence-electron chi connectivity index (χ0n) is 17.8. The molecule has 3 aromatic carbocycles. The molecule has 0 unspecified atom stereocenters. The van der Waals surface area contributed by atoms with Crippen LogP contribution in [-0.2, 0) is 23.4 Å². The van der Waals surface area contributed by atoms with Crippen molar-refractivity contribution in [3.05, 3.63) is 70.3 Å². The fourth-order valence-corrected chi connectivity index (χ4v) is 7.25. The van der Waals surface area contributed by atoms with Crippen LogP contribution in [0.3, 0.4) is 0 Å². The number of rotatable bonds is 2. The highest BCUT2D eigenvalue weighted by molar-refractivity contribution is 7.99. The summed E-state index contributed by atoms with van der Waals surface area (Å²) in [6, 6.07) is 15.5. The van der Waals surface area contributed by atoms with Crippen molar-refractivity contribution in [2.75, 3.05) is 27.8 Å². The molecule has 2 atom stereocenters. The molecule has 0 spiro atoms. The largest absolute Gasteiger partial charge is 0.493 e. The molecule has 3 heterocycles. The highest BCUT2D eigenvalue weighted by Crippen LogP contribution is 2.63. The van der Waals surface area contributed by atoms with E-state index in [1.807, 2.05) is 17.8 Å². The van der Waals surface area contributed by atoms with E-state index in [9.17, 15) is 0 Å². The highest BCUT2D eigenvalue weighted by atomic mass is 32.2. The van der Waals surface area contributed by atoms with E-state index in [0.29, 0.717) is 6.04 Å². The van der Waals surface area contributed by atoms with Crippen LogP contribution < -0.4 is 9.47 Å². The number of nitrogens with zero attached hydrogens (tertiary/aromatic N) is 1. The summed E-state index contributed by atoms with van der Waals surface area (Å²) in [5, 5.41) is 0. The van der Waals surface area contributed by atoms with E-state index in [2.05, 4.69) is 48.3 Å². The summed E-state index contributed by atoms with van der Waals surface area (Å²) >= 11 is 1.84. The van der Waals surface area contributed by atoms with E-state index in [1.54, 1.807) is 14.2 Å². The van der Waals surface area contributed by atoms with Crippen LogP contribution >= 0.6 is 11.8 Å². The lowest BCUT2D eigenvalue weighted by Crippen LogP contribution is -2.45. The van der Waals surface area contributed by atoms with Crippen molar-refractivity contribution in [1.82, 2.24) is 4.90 Å². The Morgan fingerprint density at radius 3 is 2.77 bits per heavy atom. The van der Waals surface area contributed by atoms with Crippen LogP contribution in [0.15, 0.2) is 52.3 Å². The Morgan fingerprint density at radius 1 is 1.06 bits per heavy atom. The smallest absolute Gasteiger partial charge is 0.267 e. The minimum Gasteiger partial charge on any atom is -0.493 e. The predicted octanol–water partition coefficient (Wildman–Crippen LogP) is 5.15. The number of hydrogen-bond donors (Lipinski definition) is 0. The summed E-state index contributed by atoms with van der Waals surface area (Å²) in [6.45, 7) is 1.08. The Kier molecular flexibility index (Phi) is 3.55. The van der Waals surface area contributed by atoms with Gasteiger partial charge in [0, 0.05) is 46.2 Å². The second-order valence-corrected chi connectivity index (χ2v) is 9.88. The molecule has 0 bridgehead atoms. The van der Waals surface area contributed by atoms with Gasteiger partial charge in [-0.25, -0.2) is 0 Å². The minimum absolute atomic E-state index is 0.382. The molecule has 1 aliphatic carbocycles. The lowest BCUT2D eigenvalue weighted by molar-refractivity contribution is -0.145. The Labute approximate surface area is 186 Å². The molecule has 0 fully saturated rings. The maximum absolute atomic E-state index is 6.87. The van der Waals surface area contributed by atoms with Crippen molar-refractivity contribution in [3.8, 4) is 22.6 Å². The molecular weight excluding hydrogens is 406 g/mol. The molecule has 0 N–H and O–H groups in total. The van der Waals surface area contributed by atoms with Crippen LogP contribution in [0, 0.1) is 0 Å². The number of methoxy groups -OCH3 is 2. The van der Waals surface area contributed by atoms with Crippen LogP contribution in [0.4, 0.5) is 0 Å². The Morgan fingerprint density at radius 2 is 1.94 bits per heavy atom. The zero-order valence-corrected chi connectivity index (χ0v) is 18.6. The Hall–Kier alpha value is -2.47. The monoisotopic (exact) mass is 429 g/mol. The predicted molar refractivity (Wildman–Crippen MR) is 120 cm³/mol. The normalized spacial score (nSPS) is 24.2. The van der Waals surface area contributed by atoms with Gasteiger partial charge in [-0.05, 0) is 54.8 Å².